The lowest BCUT2D eigenvalue weighted by Gasteiger charge is -2.25. The Morgan fingerprint density at radius 2 is 1.68 bits per heavy atom. The second kappa shape index (κ2) is 9.89. The minimum Gasteiger partial charge on any atom is -0.494 e. The lowest BCUT2D eigenvalue weighted by atomic mass is 9.97. The van der Waals surface area contributed by atoms with Crippen LogP contribution < -0.4 is 10.2 Å². The van der Waals surface area contributed by atoms with Crippen LogP contribution in [0.15, 0.2) is 69.9 Å². The molecule has 5 nitrogen and oxygen atoms in total. The van der Waals surface area contributed by atoms with Gasteiger partial charge >= 0.3 is 0 Å². The summed E-state index contributed by atoms with van der Waals surface area (Å²) in [5.41, 5.74) is 5.68. The molecule has 2 heterocycles. The Morgan fingerprint density at radius 3 is 2.41 bits per heavy atom. The molecule has 190 valence electrons. The second-order valence-electron chi connectivity index (χ2n) is 10.5. The predicted octanol–water partition coefficient (Wildman–Crippen LogP) is 6.89. The molecule has 1 atom stereocenters. The monoisotopic (exact) mass is 495 g/mol. The summed E-state index contributed by atoms with van der Waals surface area (Å²) in [4.78, 5) is 29.5. The molecule has 3 aromatic carbocycles. The number of hydrogen-bond acceptors (Lipinski definition) is 4. The molecule has 5 heteroatoms. The van der Waals surface area contributed by atoms with Crippen LogP contribution in [-0.2, 0) is 6.54 Å². The van der Waals surface area contributed by atoms with Crippen LogP contribution in [0.4, 0.5) is 0 Å². The van der Waals surface area contributed by atoms with Gasteiger partial charge in [-0.15, -0.1) is 0 Å². The largest absolute Gasteiger partial charge is 0.494 e. The first-order valence-corrected chi connectivity index (χ1v) is 12.9. The van der Waals surface area contributed by atoms with Crippen LogP contribution >= 0.6 is 0 Å². The van der Waals surface area contributed by atoms with Crippen LogP contribution in [0.2, 0.25) is 0 Å². The normalized spacial score (nSPS) is 15.0. The third kappa shape index (κ3) is 4.78. The number of hydrogen-bond donors (Lipinski definition) is 0. The van der Waals surface area contributed by atoms with E-state index < -0.39 is 6.04 Å². The zero-order valence-electron chi connectivity index (χ0n) is 22.1. The number of nitrogens with zero attached hydrogens (tertiary/aromatic N) is 1. The molecule has 1 aromatic heterocycles. The summed E-state index contributed by atoms with van der Waals surface area (Å²) in [5.74, 6) is 1.12. The van der Waals surface area contributed by atoms with Crippen LogP contribution in [0.5, 0.6) is 5.75 Å². The van der Waals surface area contributed by atoms with Crippen molar-refractivity contribution in [1.82, 2.24) is 4.90 Å². The van der Waals surface area contributed by atoms with Gasteiger partial charge in [-0.1, -0.05) is 55.8 Å². The van der Waals surface area contributed by atoms with Crippen LogP contribution in [-0.4, -0.2) is 17.4 Å². The molecule has 0 N–H and O–H groups in total. The van der Waals surface area contributed by atoms with Gasteiger partial charge in [0.25, 0.3) is 5.91 Å². The van der Waals surface area contributed by atoms with Crippen LogP contribution in [0.1, 0.15) is 70.2 Å². The Balaban J connectivity index is 1.64. The highest BCUT2D eigenvalue weighted by Crippen LogP contribution is 2.40. The molecule has 0 aliphatic carbocycles. The van der Waals surface area contributed by atoms with E-state index in [1.165, 1.54) is 0 Å². The standard InChI is InChI=1S/C32H33NO4/c1-19(2)13-14-36-25-8-6-7-24(17-25)29-28-30(34)26-15-21(4)22(5)16-27(26)37-31(28)32(35)33(29)18-23-11-9-20(3)10-12-23/h6-12,15-17,19,29H,13-14,18H2,1-5H3. The number of amides is 1. The fraction of sp³-hybridized carbons (Fsp3) is 0.312. The average Bonchev–Trinajstić information content (AvgIpc) is 3.13. The van der Waals surface area contributed by atoms with Crippen molar-refractivity contribution in [1.29, 1.82) is 0 Å². The van der Waals surface area contributed by atoms with Crippen molar-refractivity contribution in [3.05, 3.63) is 110 Å². The van der Waals surface area contributed by atoms with E-state index in [0.717, 1.165) is 40.0 Å². The lowest BCUT2D eigenvalue weighted by Crippen LogP contribution is -2.29. The van der Waals surface area contributed by atoms with Gasteiger partial charge in [-0.25, -0.2) is 0 Å². The Bertz CT molecular complexity index is 1530. The summed E-state index contributed by atoms with van der Waals surface area (Å²) >= 11 is 0. The van der Waals surface area contributed by atoms with E-state index in [0.29, 0.717) is 35.6 Å². The molecular formula is C32H33NO4. The summed E-state index contributed by atoms with van der Waals surface area (Å²) in [7, 11) is 0. The van der Waals surface area contributed by atoms with Gasteiger partial charge in [-0.05, 0) is 79.6 Å². The van der Waals surface area contributed by atoms with Crippen LogP contribution in [0.25, 0.3) is 11.0 Å². The molecule has 0 saturated heterocycles. The van der Waals surface area contributed by atoms with Gasteiger partial charge < -0.3 is 14.1 Å². The first-order chi connectivity index (χ1) is 17.7. The highest BCUT2D eigenvalue weighted by Gasteiger charge is 2.42. The summed E-state index contributed by atoms with van der Waals surface area (Å²) < 4.78 is 12.2. The summed E-state index contributed by atoms with van der Waals surface area (Å²) in [6, 6.07) is 19.0. The highest BCUT2D eigenvalue weighted by atomic mass is 16.5. The molecule has 4 aromatic rings. The van der Waals surface area contributed by atoms with Crippen molar-refractivity contribution in [2.45, 2.75) is 53.6 Å². The molecule has 1 aliphatic heterocycles. The van der Waals surface area contributed by atoms with Gasteiger partial charge in [0.15, 0.2) is 5.43 Å². The second-order valence-corrected chi connectivity index (χ2v) is 10.5. The Kier molecular flexibility index (Phi) is 6.63. The molecule has 1 unspecified atom stereocenters. The molecule has 0 spiro atoms. The summed E-state index contributed by atoms with van der Waals surface area (Å²) in [6.07, 6.45) is 0.947. The van der Waals surface area contributed by atoms with Crippen LogP contribution in [0.3, 0.4) is 0 Å². The number of carbonyl (C=O) groups excluding carboxylic acids is 1. The van der Waals surface area contributed by atoms with Crippen molar-refractivity contribution >= 4 is 16.9 Å². The van der Waals surface area contributed by atoms with E-state index >= 15 is 0 Å². The maximum atomic E-state index is 13.9. The number of benzene rings is 3. The molecule has 1 aliphatic rings. The highest BCUT2D eigenvalue weighted by molar-refractivity contribution is 5.99. The van der Waals surface area contributed by atoms with Gasteiger partial charge in [0.1, 0.15) is 11.3 Å². The van der Waals surface area contributed by atoms with Crippen molar-refractivity contribution < 1.29 is 13.9 Å². The van der Waals surface area contributed by atoms with Gasteiger partial charge in [-0.2, -0.15) is 0 Å². The fourth-order valence-electron chi connectivity index (χ4n) is 4.86. The summed E-state index contributed by atoms with van der Waals surface area (Å²) in [6.45, 7) is 11.3. The van der Waals surface area contributed by atoms with Crippen molar-refractivity contribution in [3.8, 4) is 5.75 Å². The quantitative estimate of drug-likeness (QED) is 0.280. The van der Waals surface area contributed by atoms with E-state index in [1.807, 2.05) is 81.4 Å². The number of ether oxygens (including phenoxy) is 1. The first kappa shape index (κ1) is 24.8. The zero-order valence-corrected chi connectivity index (χ0v) is 22.1. The molecule has 1 amide bonds. The number of aryl methyl sites for hydroxylation is 3. The Hall–Kier alpha value is -3.86. The molecular weight excluding hydrogens is 462 g/mol. The minimum absolute atomic E-state index is 0.129. The van der Waals surface area contributed by atoms with Crippen molar-refractivity contribution in [2.24, 2.45) is 5.92 Å². The Labute approximate surface area is 217 Å². The summed E-state index contributed by atoms with van der Waals surface area (Å²) in [5, 5.41) is 0.501. The van der Waals surface area contributed by atoms with E-state index in [2.05, 4.69) is 13.8 Å². The predicted molar refractivity (Wildman–Crippen MR) is 146 cm³/mol. The van der Waals surface area contributed by atoms with E-state index in [9.17, 15) is 9.59 Å². The first-order valence-electron chi connectivity index (χ1n) is 12.9. The van der Waals surface area contributed by atoms with Crippen molar-refractivity contribution in [3.63, 3.8) is 0 Å². The number of rotatable bonds is 7. The molecule has 0 radical (unpaired) electrons. The van der Waals surface area contributed by atoms with Gasteiger partial charge in [0, 0.05) is 6.54 Å². The molecule has 5 rings (SSSR count). The lowest BCUT2D eigenvalue weighted by molar-refractivity contribution is 0.0714. The van der Waals surface area contributed by atoms with E-state index in [4.69, 9.17) is 9.15 Å². The average molecular weight is 496 g/mol. The topological polar surface area (TPSA) is 59.8 Å². The molecule has 37 heavy (non-hydrogen) atoms. The number of fused-ring (bicyclic) bond motifs is 2. The smallest absolute Gasteiger partial charge is 0.291 e. The zero-order chi connectivity index (χ0) is 26.3. The molecule has 0 fully saturated rings. The van der Waals surface area contributed by atoms with E-state index in [-0.39, 0.29) is 17.1 Å². The fourth-order valence-corrected chi connectivity index (χ4v) is 4.86. The maximum Gasteiger partial charge on any atom is 0.291 e. The maximum absolute atomic E-state index is 13.9. The third-order valence-corrected chi connectivity index (χ3v) is 7.19. The molecule has 0 saturated carbocycles. The van der Waals surface area contributed by atoms with E-state index in [1.54, 1.807) is 4.90 Å². The number of carbonyl (C=O) groups is 1. The Morgan fingerprint density at radius 1 is 0.946 bits per heavy atom. The van der Waals surface area contributed by atoms with Gasteiger partial charge in [0.2, 0.25) is 5.76 Å². The van der Waals surface area contributed by atoms with Crippen LogP contribution in [0, 0.1) is 26.7 Å². The van der Waals surface area contributed by atoms with Gasteiger partial charge in [-0.3, -0.25) is 9.59 Å². The minimum atomic E-state index is -0.570. The third-order valence-electron chi connectivity index (χ3n) is 7.19. The van der Waals surface area contributed by atoms with Gasteiger partial charge in [0.05, 0.1) is 23.6 Å². The SMILES string of the molecule is Cc1ccc(CN2C(=O)c3oc4cc(C)c(C)cc4c(=O)c3C2c2cccc(OCCC(C)C)c2)cc1. The molecule has 0 bridgehead atoms. The van der Waals surface area contributed by atoms with Crippen molar-refractivity contribution in [2.75, 3.05) is 6.61 Å².